The van der Waals surface area contributed by atoms with Gasteiger partial charge in [0.05, 0.1) is 5.92 Å². The molecule has 88 valence electrons. The van der Waals surface area contributed by atoms with Crippen LogP contribution in [0.3, 0.4) is 0 Å². The molecule has 1 aromatic heterocycles. The SMILES string of the molecule is CC1CNCC1C(=O)NCCc1ncc[nH]1. The third kappa shape index (κ3) is 2.61. The van der Waals surface area contributed by atoms with Gasteiger partial charge < -0.3 is 15.6 Å². The average Bonchev–Trinajstić information content (AvgIpc) is 2.88. The summed E-state index contributed by atoms with van der Waals surface area (Å²) in [7, 11) is 0. The van der Waals surface area contributed by atoms with Gasteiger partial charge in [-0.3, -0.25) is 4.79 Å². The fourth-order valence-corrected chi connectivity index (χ4v) is 2.03. The molecule has 5 nitrogen and oxygen atoms in total. The molecule has 5 heteroatoms. The van der Waals surface area contributed by atoms with E-state index in [0.717, 1.165) is 25.3 Å². The molecule has 1 fully saturated rings. The van der Waals surface area contributed by atoms with Crippen LogP contribution >= 0.6 is 0 Å². The number of carbonyl (C=O) groups excluding carboxylic acids is 1. The number of carbonyl (C=O) groups is 1. The van der Waals surface area contributed by atoms with E-state index in [1.807, 2.05) is 0 Å². The number of amides is 1. The highest BCUT2D eigenvalue weighted by atomic mass is 16.1. The number of H-pyrrole nitrogens is 1. The largest absolute Gasteiger partial charge is 0.355 e. The van der Waals surface area contributed by atoms with Crippen LogP contribution in [0.4, 0.5) is 0 Å². The Morgan fingerprint density at radius 1 is 1.62 bits per heavy atom. The summed E-state index contributed by atoms with van der Waals surface area (Å²) in [6, 6.07) is 0. The molecule has 16 heavy (non-hydrogen) atoms. The summed E-state index contributed by atoms with van der Waals surface area (Å²) in [6.07, 6.45) is 4.27. The van der Waals surface area contributed by atoms with Crippen LogP contribution in [0, 0.1) is 11.8 Å². The van der Waals surface area contributed by atoms with Crippen molar-refractivity contribution in [2.75, 3.05) is 19.6 Å². The van der Waals surface area contributed by atoms with Crippen molar-refractivity contribution in [1.29, 1.82) is 0 Å². The summed E-state index contributed by atoms with van der Waals surface area (Å²) < 4.78 is 0. The van der Waals surface area contributed by atoms with Gasteiger partial charge >= 0.3 is 0 Å². The molecular weight excluding hydrogens is 204 g/mol. The van der Waals surface area contributed by atoms with Crippen molar-refractivity contribution >= 4 is 5.91 Å². The minimum absolute atomic E-state index is 0.122. The Morgan fingerprint density at radius 2 is 2.50 bits per heavy atom. The monoisotopic (exact) mass is 222 g/mol. The lowest BCUT2D eigenvalue weighted by molar-refractivity contribution is -0.125. The standard InChI is InChI=1S/C11H18N4O/c1-8-6-12-7-9(8)11(16)15-3-2-10-13-4-5-14-10/h4-5,8-9,12H,2-3,6-7H2,1H3,(H,13,14)(H,15,16). The van der Waals surface area contributed by atoms with E-state index < -0.39 is 0 Å². The maximum atomic E-state index is 11.8. The molecule has 1 saturated heterocycles. The van der Waals surface area contributed by atoms with Gasteiger partial charge in [0.25, 0.3) is 0 Å². The molecule has 2 unspecified atom stereocenters. The maximum absolute atomic E-state index is 11.8. The van der Waals surface area contributed by atoms with Crippen molar-refractivity contribution < 1.29 is 4.79 Å². The number of rotatable bonds is 4. The zero-order valence-corrected chi connectivity index (χ0v) is 9.49. The van der Waals surface area contributed by atoms with Gasteiger partial charge in [-0.2, -0.15) is 0 Å². The first-order valence-electron chi connectivity index (χ1n) is 5.74. The first kappa shape index (κ1) is 11.1. The number of aromatic amines is 1. The highest BCUT2D eigenvalue weighted by molar-refractivity contribution is 5.79. The number of nitrogens with zero attached hydrogens (tertiary/aromatic N) is 1. The fraction of sp³-hybridized carbons (Fsp3) is 0.636. The Kier molecular flexibility index (Phi) is 3.56. The van der Waals surface area contributed by atoms with Crippen LogP contribution in [0.1, 0.15) is 12.7 Å². The van der Waals surface area contributed by atoms with Crippen LogP contribution in [-0.2, 0) is 11.2 Å². The molecule has 0 aromatic carbocycles. The molecule has 1 aliphatic heterocycles. The Labute approximate surface area is 95.0 Å². The van der Waals surface area contributed by atoms with E-state index in [0.29, 0.717) is 12.5 Å². The van der Waals surface area contributed by atoms with Gasteiger partial charge in [0, 0.05) is 31.9 Å². The topological polar surface area (TPSA) is 69.8 Å². The highest BCUT2D eigenvalue weighted by Gasteiger charge is 2.28. The van der Waals surface area contributed by atoms with Gasteiger partial charge in [0.1, 0.15) is 5.82 Å². The number of hydrogen-bond acceptors (Lipinski definition) is 3. The van der Waals surface area contributed by atoms with E-state index >= 15 is 0 Å². The third-order valence-electron chi connectivity index (χ3n) is 3.07. The summed E-state index contributed by atoms with van der Waals surface area (Å²) in [5.74, 6) is 1.63. The number of aromatic nitrogens is 2. The van der Waals surface area contributed by atoms with E-state index in [1.165, 1.54) is 0 Å². The lowest BCUT2D eigenvalue weighted by Gasteiger charge is -2.13. The first-order valence-corrected chi connectivity index (χ1v) is 5.74. The van der Waals surface area contributed by atoms with Crippen molar-refractivity contribution in [3.8, 4) is 0 Å². The predicted octanol–water partition coefficient (Wildman–Crippen LogP) is -0.0761. The lowest BCUT2D eigenvalue weighted by Crippen LogP contribution is -2.35. The van der Waals surface area contributed by atoms with Crippen molar-refractivity contribution in [3.05, 3.63) is 18.2 Å². The normalized spacial score (nSPS) is 24.6. The van der Waals surface area contributed by atoms with Gasteiger partial charge in [-0.15, -0.1) is 0 Å². The van der Waals surface area contributed by atoms with E-state index in [-0.39, 0.29) is 11.8 Å². The summed E-state index contributed by atoms with van der Waals surface area (Å²) >= 11 is 0. The summed E-state index contributed by atoms with van der Waals surface area (Å²) in [6.45, 7) is 4.50. The van der Waals surface area contributed by atoms with Crippen molar-refractivity contribution in [3.63, 3.8) is 0 Å². The van der Waals surface area contributed by atoms with Crippen molar-refractivity contribution in [2.45, 2.75) is 13.3 Å². The smallest absolute Gasteiger partial charge is 0.224 e. The Morgan fingerprint density at radius 3 is 3.12 bits per heavy atom. The second-order valence-electron chi connectivity index (χ2n) is 4.32. The number of imidazole rings is 1. The van der Waals surface area contributed by atoms with Crippen molar-refractivity contribution in [1.82, 2.24) is 20.6 Å². The van der Waals surface area contributed by atoms with Gasteiger partial charge in [-0.25, -0.2) is 4.98 Å². The first-order chi connectivity index (χ1) is 7.77. The van der Waals surface area contributed by atoms with Gasteiger partial charge in [-0.1, -0.05) is 6.92 Å². The zero-order valence-electron chi connectivity index (χ0n) is 9.49. The Balaban J connectivity index is 1.71. The maximum Gasteiger partial charge on any atom is 0.224 e. The Bertz CT molecular complexity index is 336. The second kappa shape index (κ2) is 5.12. The van der Waals surface area contributed by atoms with Crippen LogP contribution in [0.15, 0.2) is 12.4 Å². The van der Waals surface area contributed by atoms with E-state index in [9.17, 15) is 4.79 Å². The molecule has 0 saturated carbocycles. The van der Waals surface area contributed by atoms with Gasteiger partial charge in [-0.05, 0) is 12.5 Å². The van der Waals surface area contributed by atoms with Crippen molar-refractivity contribution in [2.24, 2.45) is 11.8 Å². The number of hydrogen-bond donors (Lipinski definition) is 3. The van der Waals surface area contributed by atoms with Crippen LogP contribution in [0.5, 0.6) is 0 Å². The average molecular weight is 222 g/mol. The zero-order chi connectivity index (χ0) is 11.4. The second-order valence-corrected chi connectivity index (χ2v) is 4.32. The fourth-order valence-electron chi connectivity index (χ4n) is 2.03. The molecular formula is C11H18N4O. The Hall–Kier alpha value is -1.36. The molecule has 0 aliphatic carbocycles. The molecule has 1 amide bonds. The van der Waals surface area contributed by atoms with Crippen LogP contribution in [-0.4, -0.2) is 35.5 Å². The molecule has 1 aliphatic rings. The van der Waals surface area contributed by atoms with Crippen LogP contribution in [0.25, 0.3) is 0 Å². The van der Waals surface area contributed by atoms with Crippen LogP contribution in [0.2, 0.25) is 0 Å². The van der Waals surface area contributed by atoms with E-state index in [4.69, 9.17) is 0 Å². The molecule has 1 aromatic rings. The summed E-state index contributed by atoms with van der Waals surface area (Å²) in [5, 5.41) is 6.18. The van der Waals surface area contributed by atoms with E-state index in [2.05, 4.69) is 27.5 Å². The van der Waals surface area contributed by atoms with E-state index in [1.54, 1.807) is 12.4 Å². The minimum Gasteiger partial charge on any atom is -0.355 e. The molecule has 3 N–H and O–H groups in total. The molecule has 0 spiro atoms. The quantitative estimate of drug-likeness (QED) is 0.667. The lowest BCUT2D eigenvalue weighted by atomic mass is 9.97. The molecule has 2 atom stereocenters. The minimum atomic E-state index is 0.122. The third-order valence-corrected chi connectivity index (χ3v) is 3.07. The summed E-state index contributed by atoms with van der Waals surface area (Å²) in [4.78, 5) is 18.9. The molecule has 0 radical (unpaired) electrons. The van der Waals surface area contributed by atoms with Gasteiger partial charge in [0.15, 0.2) is 0 Å². The number of nitrogens with one attached hydrogen (secondary N) is 3. The molecule has 2 heterocycles. The molecule has 0 bridgehead atoms. The highest BCUT2D eigenvalue weighted by Crippen LogP contribution is 2.15. The predicted molar refractivity (Wildman–Crippen MR) is 60.8 cm³/mol. The van der Waals surface area contributed by atoms with Crippen LogP contribution < -0.4 is 10.6 Å². The summed E-state index contributed by atoms with van der Waals surface area (Å²) in [5.41, 5.74) is 0. The van der Waals surface area contributed by atoms with Gasteiger partial charge in [0.2, 0.25) is 5.91 Å². The molecule has 2 rings (SSSR count).